The molecule has 0 aliphatic carbocycles. The van der Waals surface area contributed by atoms with Gasteiger partial charge in [-0.05, 0) is 173 Å². The van der Waals surface area contributed by atoms with E-state index >= 15 is 0 Å². The largest absolute Gasteiger partial charge is 0.327 e. The van der Waals surface area contributed by atoms with Gasteiger partial charge in [-0.25, -0.2) is 0 Å². The number of aromatic nitrogens is 4. The standard InChI is InChI=1S/C80H74N4P2S2/c1-53-47-55(3)75(56(4)48-53)79-71-39-35-67(81-71)77(61-31-27-59(28-32-61)51-87-45-43-85(63-19-11-7-12-20-63)64-21-13-8-14-22-64)69-37-41-73(83-69)80(76-57(5)49-54(2)50-58(76)6)74-42-38-70(84-74)78(68-36-40-72(79)82-68)62-33-29-60(30-34-62)52-88-46-44-86(65-23-15-9-16-24-65)66-25-17-10-18-26-66/h7-42,47-50,81-84H,43-46,51-52H2,1-6H3/q+4. The molecule has 0 spiro atoms. The highest BCUT2D eigenvalue weighted by Crippen LogP contribution is 2.44. The van der Waals surface area contributed by atoms with Gasteiger partial charge in [0.2, 0.25) is 0 Å². The molecule has 8 heteroatoms. The lowest BCUT2D eigenvalue weighted by molar-refractivity contribution is 0.993. The number of thioether (sulfide) groups is 2. The SMILES string of the molecule is Cc1cc(C)c([C+]2c3ccc([nH]3)[C+](c3ccc(CSCCP(c4ccccc4)c4ccccc4)cc3)c3ccc([nH]3)[C+](c3c(C)cc(C)cc3C)c3ccc([nH]3)[C+](c3ccc(CSCCP(c4ccccc4)c4ccccc4)cc3)c3ccc2[nH]3)c(C)c1. The molecule has 0 amide bonds. The zero-order chi connectivity index (χ0) is 60.1. The van der Waals surface area contributed by atoms with Gasteiger partial charge in [-0.3, -0.25) is 0 Å². The lowest BCUT2D eigenvalue weighted by Crippen LogP contribution is -2.14. The number of H-pyrrole nitrogens is 4. The molecule has 0 fully saturated rings. The molecule has 8 bridgehead atoms. The molecule has 88 heavy (non-hydrogen) atoms. The summed E-state index contributed by atoms with van der Waals surface area (Å²) in [6.07, 6.45) is 2.29. The maximum absolute atomic E-state index is 4.08. The molecule has 0 saturated carbocycles. The summed E-state index contributed by atoms with van der Waals surface area (Å²) in [5.74, 6) is 8.61. The maximum atomic E-state index is 4.08. The highest BCUT2D eigenvalue weighted by atomic mass is 32.2. The van der Waals surface area contributed by atoms with Crippen molar-refractivity contribution in [2.75, 3.05) is 23.8 Å². The third-order valence-electron chi connectivity index (χ3n) is 17.0. The Hall–Kier alpha value is -8.08. The molecule has 1 aliphatic heterocycles. The summed E-state index contributed by atoms with van der Waals surface area (Å²) in [6.45, 7) is 13.4. The Morgan fingerprint density at radius 3 is 0.807 bits per heavy atom. The number of hydrogen-bond acceptors (Lipinski definition) is 2. The van der Waals surface area contributed by atoms with Crippen molar-refractivity contribution in [2.45, 2.75) is 53.0 Å². The van der Waals surface area contributed by atoms with Crippen molar-refractivity contribution in [3.8, 4) is 0 Å². The van der Waals surface area contributed by atoms with E-state index in [1.54, 1.807) is 0 Å². The average molecular weight is 1220 g/mol. The molecule has 0 radical (unpaired) electrons. The van der Waals surface area contributed by atoms with Gasteiger partial charge in [0.25, 0.3) is 0 Å². The Morgan fingerprint density at radius 1 is 0.295 bits per heavy atom. The smallest absolute Gasteiger partial charge is 0.126 e. The van der Waals surface area contributed by atoms with Crippen molar-refractivity contribution in [1.29, 1.82) is 0 Å². The van der Waals surface area contributed by atoms with Crippen LogP contribution >= 0.6 is 39.4 Å². The van der Waals surface area contributed by atoms with Crippen LogP contribution in [0.15, 0.2) is 243 Å². The Balaban J connectivity index is 0.849. The molecule has 0 saturated heterocycles. The molecule has 4 aromatic heterocycles. The van der Waals surface area contributed by atoms with Gasteiger partial charge in [0.1, 0.15) is 69.2 Å². The van der Waals surface area contributed by atoms with E-state index in [-0.39, 0.29) is 0 Å². The Bertz CT molecular complexity index is 3770. The van der Waals surface area contributed by atoms with Crippen molar-refractivity contribution >= 4 is 60.6 Å². The van der Waals surface area contributed by atoms with Gasteiger partial charge < -0.3 is 19.9 Å². The van der Waals surface area contributed by atoms with Crippen LogP contribution in [0.25, 0.3) is 0 Å². The fraction of sp³-hybridized carbons (Fsp3) is 0.150. The third-order valence-corrected chi connectivity index (χ3v) is 24.7. The number of fused-ring (bicyclic) bond motifs is 8. The first-order valence-corrected chi connectivity index (χ1v) is 36.0. The minimum absolute atomic E-state index is 0.433. The number of aryl methyl sites for hydroxylation is 6. The zero-order valence-corrected chi connectivity index (χ0v) is 54.5. The van der Waals surface area contributed by atoms with Gasteiger partial charge in [0.05, 0.1) is 70.8 Å². The van der Waals surface area contributed by atoms with E-state index in [2.05, 4.69) is 304 Å². The van der Waals surface area contributed by atoms with E-state index in [9.17, 15) is 0 Å². The molecule has 1 aliphatic rings. The highest BCUT2D eigenvalue weighted by molar-refractivity contribution is 7.99. The van der Waals surface area contributed by atoms with Crippen LogP contribution < -0.4 is 21.2 Å². The summed E-state index contributed by atoms with van der Waals surface area (Å²) < 4.78 is 0. The maximum Gasteiger partial charge on any atom is 0.126 e. The molecule has 4 N–H and O–H groups in total. The van der Waals surface area contributed by atoms with Crippen molar-refractivity contribution in [1.82, 2.24) is 19.9 Å². The highest BCUT2D eigenvalue weighted by Gasteiger charge is 2.39. The van der Waals surface area contributed by atoms with Crippen molar-refractivity contribution in [3.05, 3.63) is 379 Å². The fourth-order valence-electron chi connectivity index (χ4n) is 13.1. The lowest BCUT2D eigenvalue weighted by atomic mass is 9.85. The normalized spacial score (nSPS) is 12.5. The molecule has 432 valence electrons. The van der Waals surface area contributed by atoms with Crippen molar-refractivity contribution in [3.63, 3.8) is 0 Å². The van der Waals surface area contributed by atoms with Crippen LogP contribution in [-0.4, -0.2) is 43.8 Å². The van der Waals surface area contributed by atoms with E-state index in [0.29, 0.717) is 0 Å². The first-order chi connectivity index (χ1) is 43.1. The zero-order valence-electron chi connectivity index (χ0n) is 51.0. The second-order valence-corrected chi connectivity index (χ2v) is 30.2. The molecule has 0 unspecified atom stereocenters. The molecular formula is C80H74N4P2S2+4. The topological polar surface area (TPSA) is 63.2 Å². The first-order valence-electron chi connectivity index (χ1n) is 30.6. The lowest BCUT2D eigenvalue weighted by Gasteiger charge is -2.18. The van der Waals surface area contributed by atoms with E-state index < -0.39 is 15.8 Å². The Kier molecular flexibility index (Phi) is 17.9. The van der Waals surface area contributed by atoms with Crippen molar-refractivity contribution in [2.24, 2.45) is 0 Å². The number of benzene rings is 8. The van der Waals surface area contributed by atoms with Crippen LogP contribution in [0.4, 0.5) is 0 Å². The summed E-state index contributed by atoms with van der Waals surface area (Å²) in [5.41, 5.74) is 23.3. The van der Waals surface area contributed by atoms with Crippen molar-refractivity contribution < 1.29 is 0 Å². The van der Waals surface area contributed by atoms with Crippen LogP contribution in [0.3, 0.4) is 0 Å². The van der Waals surface area contributed by atoms with Gasteiger partial charge >= 0.3 is 0 Å². The van der Waals surface area contributed by atoms with Gasteiger partial charge in [0.15, 0.2) is 0 Å². The quantitative estimate of drug-likeness (QED) is 0.0393. The van der Waals surface area contributed by atoms with Crippen LogP contribution in [-0.2, 0) is 11.5 Å². The minimum Gasteiger partial charge on any atom is -0.327 e. The molecule has 13 rings (SSSR count). The van der Waals surface area contributed by atoms with Crippen LogP contribution in [0.5, 0.6) is 0 Å². The van der Waals surface area contributed by atoms with E-state index in [0.717, 1.165) is 116 Å². The summed E-state index contributed by atoms with van der Waals surface area (Å²) in [5, 5.41) is 5.77. The molecule has 12 aromatic rings. The Labute approximate surface area is 532 Å². The number of hydrogen-bond donors (Lipinski definition) is 4. The second-order valence-electron chi connectivity index (χ2n) is 23.3. The van der Waals surface area contributed by atoms with Gasteiger partial charge in [0, 0.05) is 58.0 Å². The minimum atomic E-state index is -0.433. The van der Waals surface area contributed by atoms with Crippen LogP contribution in [0, 0.1) is 65.2 Å². The Morgan fingerprint density at radius 2 is 0.545 bits per heavy atom. The predicted octanol–water partition coefficient (Wildman–Crippen LogP) is 18.0. The number of nitrogens with one attached hydrogen (secondary N) is 4. The summed E-state index contributed by atoms with van der Waals surface area (Å²) in [6, 6.07) is 90.6. The first kappa shape index (κ1) is 58.9. The van der Waals surface area contributed by atoms with E-state index in [4.69, 9.17) is 0 Å². The van der Waals surface area contributed by atoms with Gasteiger partial charge in [-0.2, -0.15) is 23.5 Å². The molecule has 8 aromatic carbocycles. The average Bonchev–Trinajstić information content (AvgIpc) is 2.09. The van der Waals surface area contributed by atoms with Gasteiger partial charge in [-0.15, -0.1) is 0 Å². The molecular weight excluding hydrogens is 1140 g/mol. The van der Waals surface area contributed by atoms with Crippen LogP contribution in [0.2, 0.25) is 0 Å². The molecule has 0 atom stereocenters. The van der Waals surface area contributed by atoms with Gasteiger partial charge in [-0.1, -0.05) is 121 Å². The predicted molar refractivity (Wildman–Crippen MR) is 380 cm³/mol. The summed E-state index contributed by atoms with van der Waals surface area (Å²) >= 11 is 4.07. The fourth-order valence-corrected chi connectivity index (χ4v) is 20.5. The van der Waals surface area contributed by atoms with E-state index in [1.807, 2.05) is 23.5 Å². The summed E-state index contributed by atoms with van der Waals surface area (Å²) in [7, 11) is -0.865. The number of aromatic amines is 4. The monoisotopic (exact) mass is 1220 g/mol. The molecule has 5 heterocycles. The molecule has 4 nitrogen and oxygen atoms in total. The third kappa shape index (κ3) is 12.8. The second kappa shape index (κ2) is 26.7. The summed E-state index contributed by atoms with van der Waals surface area (Å²) in [4.78, 5) is 16.3. The van der Waals surface area contributed by atoms with E-state index in [1.165, 1.54) is 76.9 Å². The van der Waals surface area contributed by atoms with Crippen LogP contribution in [0.1, 0.15) is 112 Å². The number of rotatable bonds is 18.